The summed E-state index contributed by atoms with van der Waals surface area (Å²) < 4.78 is 0. The smallest absolute Gasteiger partial charge is 1.00 e. The molecule has 2 aliphatic rings. The molecule has 2 radical (unpaired) electrons. The van der Waals surface area contributed by atoms with Gasteiger partial charge in [-0.05, 0) is 22.3 Å². The van der Waals surface area contributed by atoms with E-state index in [1.165, 1.54) is 27.8 Å². The summed E-state index contributed by atoms with van der Waals surface area (Å²) >= 11 is 0. The molecule has 0 saturated heterocycles. The van der Waals surface area contributed by atoms with E-state index in [4.69, 9.17) is 0 Å². The standard InChI is InChI=1S/C24H26Si.2ClH.Zr/c1-24(2,3)23-20(14-15-21(23)25(4)5)22-18-12-8-6-10-16(18)17-11-7-9-13-19(17)22;;;/h6-13,22H,15H2,1-5H3;2*1H;/q-1;;;+3/p-2. The van der Waals surface area contributed by atoms with E-state index in [1.807, 2.05) is 0 Å². The van der Waals surface area contributed by atoms with Gasteiger partial charge in [0.25, 0.3) is 0 Å². The molecule has 144 valence electrons. The van der Waals surface area contributed by atoms with E-state index in [0.29, 0.717) is 5.92 Å². The molecule has 28 heavy (non-hydrogen) atoms. The Morgan fingerprint density at radius 2 is 1.32 bits per heavy atom. The van der Waals surface area contributed by atoms with Crippen molar-refractivity contribution in [2.75, 3.05) is 0 Å². The van der Waals surface area contributed by atoms with Crippen LogP contribution < -0.4 is 24.8 Å². The molecule has 0 aromatic heterocycles. The van der Waals surface area contributed by atoms with Gasteiger partial charge in [-0.1, -0.05) is 87.8 Å². The molecule has 0 unspecified atom stereocenters. The van der Waals surface area contributed by atoms with E-state index in [1.54, 1.807) is 10.8 Å². The first-order valence-corrected chi connectivity index (χ1v) is 11.7. The monoisotopic (exact) mass is 502 g/mol. The summed E-state index contributed by atoms with van der Waals surface area (Å²) in [5, 5.41) is 1.68. The third-order valence-corrected chi connectivity index (χ3v) is 7.14. The molecular weight excluding hydrogens is 478 g/mol. The summed E-state index contributed by atoms with van der Waals surface area (Å²) in [4.78, 5) is 0. The predicted molar refractivity (Wildman–Crippen MR) is 109 cm³/mol. The van der Waals surface area contributed by atoms with E-state index in [2.05, 4.69) is 88.5 Å². The second-order valence-electron chi connectivity index (χ2n) is 8.48. The van der Waals surface area contributed by atoms with E-state index in [0.717, 1.165) is 6.42 Å². The van der Waals surface area contributed by atoms with Gasteiger partial charge in [-0.25, -0.2) is 5.57 Å². The second kappa shape index (κ2) is 9.61. The number of benzene rings is 2. The number of fused-ring (bicyclic) bond motifs is 3. The maximum absolute atomic E-state index is 3.84. The quantitative estimate of drug-likeness (QED) is 0.415. The van der Waals surface area contributed by atoms with Crippen LogP contribution in [-0.2, 0) is 26.2 Å². The second-order valence-corrected chi connectivity index (χ2v) is 11.1. The third-order valence-electron chi connectivity index (χ3n) is 5.50. The molecule has 2 aliphatic carbocycles. The Kier molecular flexibility index (Phi) is 8.80. The van der Waals surface area contributed by atoms with Crippen molar-refractivity contribution in [2.24, 2.45) is 5.41 Å². The minimum absolute atomic E-state index is 0. The largest absolute Gasteiger partial charge is 3.00 e. The average molecular weight is 505 g/mol. The average Bonchev–Trinajstić information content (AvgIpc) is 3.13. The van der Waals surface area contributed by atoms with E-state index in [9.17, 15) is 0 Å². The van der Waals surface area contributed by atoms with Gasteiger partial charge in [-0.2, -0.15) is 10.8 Å². The van der Waals surface area contributed by atoms with Crippen LogP contribution in [-0.4, -0.2) is 8.80 Å². The molecule has 2 aromatic rings. The van der Waals surface area contributed by atoms with Gasteiger partial charge in [0.05, 0.1) is 8.80 Å². The summed E-state index contributed by atoms with van der Waals surface area (Å²) in [7, 11) is -0.461. The Hall–Kier alpha value is -0.400. The third kappa shape index (κ3) is 4.22. The van der Waals surface area contributed by atoms with Crippen molar-refractivity contribution < 1.29 is 51.0 Å². The molecule has 0 heterocycles. The summed E-state index contributed by atoms with van der Waals surface area (Å²) in [6.45, 7) is 12.0. The first-order valence-electron chi connectivity index (χ1n) is 9.23. The zero-order valence-electron chi connectivity index (χ0n) is 17.2. The van der Waals surface area contributed by atoms with Gasteiger partial charge in [-0.3, -0.25) is 6.08 Å². The summed E-state index contributed by atoms with van der Waals surface area (Å²) in [6.07, 6.45) is 4.87. The van der Waals surface area contributed by atoms with Crippen LogP contribution in [0.2, 0.25) is 13.1 Å². The van der Waals surface area contributed by atoms with Crippen LogP contribution >= 0.6 is 0 Å². The Bertz CT molecular complexity index is 861. The number of allylic oxidation sites excluding steroid dienone is 4. The van der Waals surface area contributed by atoms with E-state index in [-0.39, 0.29) is 56.4 Å². The molecule has 2 aromatic carbocycles. The first kappa shape index (κ1) is 25.6. The van der Waals surface area contributed by atoms with Crippen LogP contribution in [0.15, 0.2) is 64.9 Å². The SMILES string of the molecule is C[Si](C)C1=C(C(C)(C)C)C(C2c3ccccc3-c3ccccc32)=[C-]C1.[Cl-].[Cl-].[Zr+3]. The molecule has 4 rings (SSSR count). The zero-order valence-corrected chi connectivity index (χ0v) is 22.1. The minimum Gasteiger partial charge on any atom is -1.00 e. The van der Waals surface area contributed by atoms with Crippen LogP contribution in [0.4, 0.5) is 0 Å². The Morgan fingerprint density at radius 1 is 0.857 bits per heavy atom. The van der Waals surface area contributed by atoms with E-state index >= 15 is 0 Å². The fraction of sp³-hybridized carbons (Fsp3) is 0.333. The fourth-order valence-electron chi connectivity index (χ4n) is 4.52. The maximum Gasteiger partial charge on any atom is 3.00 e. The zero-order chi connectivity index (χ0) is 17.8. The molecule has 0 amide bonds. The molecule has 0 aliphatic heterocycles. The molecule has 0 saturated carbocycles. The first-order chi connectivity index (χ1) is 11.9. The Morgan fingerprint density at radius 3 is 1.75 bits per heavy atom. The topological polar surface area (TPSA) is 0 Å². The Balaban J connectivity index is 0.00000131. The van der Waals surface area contributed by atoms with Crippen molar-refractivity contribution in [1.82, 2.24) is 0 Å². The van der Waals surface area contributed by atoms with Gasteiger partial charge in [0.15, 0.2) is 0 Å². The van der Waals surface area contributed by atoms with Crippen molar-refractivity contribution in [2.45, 2.75) is 46.2 Å². The minimum atomic E-state index is -0.461. The van der Waals surface area contributed by atoms with Crippen molar-refractivity contribution in [3.05, 3.63) is 82.1 Å². The molecule has 4 heteroatoms. The van der Waals surface area contributed by atoms with E-state index < -0.39 is 8.80 Å². The van der Waals surface area contributed by atoms with Crippen LogP contribution in [0.5, 0.6) is 0 Å². The van der Waals surface area contributed by atoms with Crippen molar-refractivity contribution in [1.29, 1.82) is 0 Å². The van der Waals surface area contributed by atoms with Gasteiger partial charge in [-0.15, -0.1) is 6.42 Å². The van der Waals surface area contributed by atoms with Crippen LogP contribution in [0.3, 0.4) is 0 Å². The van der Waals surface area contributed by atoms with Gasteiger partial charge >= 0.3 is 26.2 Å². The van der Waals surface area contributed by atoms with Crippen molar-refractivity contribution in [3.63, 3.8) is 0 Å². The van der Waals surface area contributed by atoms with Crippen LogP contribution in [0.25, 0.3) is 11.1 Å². The van der Waals surface area contributed by atoms with Crippen molar-refractivity contribution in [3.8, 4) is 11.1 Å². The number of hydrogen-bond donors (Lipinski definition) is 0. The fourth-order valence-corrected chi connectivity index (χ4v) is 5.97. The molecule has 0 atom stereocenters. The van der Waals surface area contributed by atoms with Gasteiger partial charge in [0.1, 0.15) is 0 Å². The molecule has 0 bridgehead atoms. The van der Waals surface area contributed by atoms with Crippen LogP contribution in [0, 0.1) is 11.5 Å². The number of rotatable bonds is 2. The molecule has 0 spiro atoms. The molecular formula is C24H26Cl2SiZr. The number of hydrogen-bond acceptors (Lipinski definition) is 0. The van der Waals surface area contributed by atoms with Gasteiger partial charge in [0, 0.05) is 5.92 Å². The maximum atomic E-state index is 3.84. The number of halogens is 2. The molecule has 0 nitrogen and oxygen atoms in total. The van der Waals surface area contributed by atoms with Crippen LogP contribution in [0.1, 0.15) is 44.2 Å². The summed E-state index contributed by atoms with van der Waals surface area (Å²) in [6, 6.07) is 17.9. The molecule has 0 N–H and O–H groups in total. The van der Waals surface area contributed by atoms with Gasteiger partial charge in [0.2, 0.25) is 0 Å². The summed E-state index contributed by atoms with van der Waals surface area (Å²) in [5.74, 6) is 0.348. The molecule has 0 fully saturated rings. The Labute approximate surface area is 203 Å². The predicted octanol–water partition coefficient (Wildman–Crippen LogP) is 0.574. The van der Waals surface area contributed by atoms with Crippen molar-refractivity contribution >= 4 is 8.80 Å². The normalized spacial score (nSPS) is 15.3. The summed E-state index contributed by atoms with van der Waals surface area (Å²) in [5.41, 5.74) is 8.91. The van der Waals surface area contributed by atoms with Gasteiger partial charge < -0.3 is 24.8 Å².